The van der Waals surface area contributed by atoms with E-state index in [0.717, 1.165) is 11.0 Å². The highest BCUT2D eigenvalue weighted by Gasteiger charge is 2.16. The maximum Gasteiger partial charge on any atom is 0.292 e. The number of rotatable bonds is 6. The standard InChI is InChI=1S/C15H22N2O2S/c1-2-16-14-10-12(8-9-15(14)17(18)19)11-20-13-6-4-3-5-7-13/h8-10,13,16H,2-7,11H2,1H3. The summed E-state index contributed by atoms with van der Waals surface area (Å²) in [5.74, 6) is 0.945. The predicted molar refractivity (Wildman–Crippen MR) is 85.4 cm³/mol. The highest BCUT2D eigenvalue weighted by atomic mass is 32.2. The first-order valence-electron chi connectivity index (χ1n) is 7.33. The lowest BCUT2D eigenvalue weighted by Gasteiger charge is -2.21. The van der Waals surface area contributed by atoms with Crippen LogP contribution in [0, 0.1) is 10.1 Å². The van der Waals surface area contributed by atoms with Gasteiger partial charge in [-0.15, -0.1) is 0 Å². The third kappa shape index (κ3) is 4.13. The molecule has 0 saturated heterocycles. The molecule has 0 aromatic heterocycles. The summed E-state index contributed by atoms with van der Waals surface area (Å²) in [5.41, 5.74) is 1.97. The topological polar surface area (TPSA) is 55.2 Å². The number of nitrogens with zero attached hydrogens (tertiary/aromatic N) is 1. The molecule has 1 aromatic carbocycles. The maximum atomic E-state index is 11.0. The van der Waals surface area contributed by atoms with E-state index in [1.807, 2.05) is 30.8 Å². The summed E-state index contributed by atoms with van der Waals surface area (Å²) in [6, 6.07) is 5.43. The molecule has 1 fully saturated rings. The molecule has 0 unspecified atom stereocenters. The zero-order valence-corrected chi connectivity index (χ0v) is 12.7. The molecule has 1 N–H and O–H groups in total. The molecule has 0 atom stereocenters. The lowest BCUT2D eigenvalue weighted by atomic mass is 10.0. The van der Waals surface area contributed by atoms with E-state index in [1.165, 1.54) is 37.7 Å². The van der Waals surface area contributed by atoms with Crippen molar-refractivity contribution in [1.29, 1.82) is 0 Å². The van der Waals surface area contributed by atoms with Gasteiger partial charge in [-0.05, 0) is 31.4 Å². The van der Waals surface area contributed by atoms with Gasteiger partial charge in [0.05, 0.1) is 4.92 Å². The number of thioether (sulfide) groups is 1. The number of hydrogen-bond donors (Lipinski definition) is 1. The van der Waals surface area contributed by atoms with Gasteiger partial charge in [-0.3, -0.25) is 10.1 Å². The Balaban J connectivity index is 2.00. The monoisotopic (exact) mass is 294 g/mol. The van der Waals surface area contributed by atoms with E-state index in [1.54, 1.807) is 6.07 Å². The molecule has 0 heterocycles. The molecule has 2 rings (SSSR count). The first-order chi connectivity index (χ1) is 9.70. The van der Waals surface area contributed by atoms with Gasteiger partial charge in [-0.1, -0.05) is 25.3 Å². The molecule has 0 radical (unpaired) electrons. The third-order valence-corrected chi connectivity index (χ3v) is 5.11. The van der Waals surface area contributed by atoms with Crippen LogP contribution in [0.25, 0.3) is 0 Å². The summed E-state index contributed by atoms with van der Waals surface area (Å²) in [6.07, 6.45) is 6.70. The fraction of sp³-hybridized carbons (Fsp3) is 0.600. The Morgan fingerprint density at radius 1 is 1.35 bits per heavy atom. The quantitative estimate of drug-likeness (QED) is 0.615. The van der Waals surface area contributed by atoms with Crippen molar-refractivity contribution in [3.63, 3.8) is 0 Å². The fourth-order valence-electron chi connectivity index (χ4n) is 2.61. The Bertz CT molecular complexity index is 459. The van der Waals surface area contributed by atoms with Crippen LogP contribution in [0.3, 0.4) is 0 Å². The van der Waals surface area contributed by atoms with Crippen molar-refractivity contribution in [1.82, 2.24) is 0 Å². The van der Waals surface area contributed by atoms with Crippen molar-refractivity contribution in [3.8, 4) is 0 Å². The van der Waals surface area contributed by atoms with Crippen molar-refractivity contribution >= 4 is 23.1 Å². The van der Waals surface area contributed by atoms with Gasteiger partial charge in [-0.25, -0.2) is 0 Å². The highest BCUT2D eigenvalue weighted by Crippen LogP contribution is 2.32. The summed E-state index contributed by atoms with van der Waals surface area (Å²) in [6.45, 7) is 2.65. The van der Waals surface area contributed by atoms with Crippen molar-refractivity contribution in [2.75, 3.05) is 11.9 Å². The van der Waals surface area contributed by atoms with Gasteiger partial charge in [0.15, 0.2) is 0 Å². The molecule has 1 saturated carbocycles. The molecule has 0 amide bonds. The smallest absolute Gasteiger partial charge is 0.292 e. The van der Waals surface area contributed by atoms with Crippen LogP contribution in [0.5, 0.6) is 0 Å². The van der Waals surface area contributed by atoms with E-state index in [0.29, 0.717) is 12.2 Å². The Kier molecular flexibility index (Phi) is 5.71. The number of hydrogen-bond acceptors (Lipinski definition) is 4. The van der Waals surface area contributed by atoms with Crippen LogP contribution in [0.15, 0.2) is 18.2 Å². The van der Waals surface area contributed by atoms with E-state index in [2.05, 4.69) is 5.32 Å². The predicted octanol–water partition coefficient (Wildman–Crippen LogP) is 4.59. The van der Waals surface area contributed by atoms with E-state index in [4.69, 9.17) is 0 Å². The van der Waals surface area contributed by atoms with Crippen molar-refractivity contribution in [3.05, 3.63) is 33.9 Å². The minimum atomic E-state index is -0.323. The largest absolute Gasteiger partial charge is 0.380 e. The van der Waals surface area contributed by atoms with Gasteiger partial charge in [0.25, 0.3) is 5.69 Å². The lowest BCUT2D eigenvalue weighted by molar-refractivity contribution is -0.384. The number of nitro benzene ring substituents is 1. The Morgan fingerprint density at radius 3 is 2.75 bits per heavy atom. The fourth-order valence-corrected chi connectivity index (χ4v) is 3.88. The zero-order chi connectivity index (χ0) is 14.4. The molecule has 5 heteroatoms. The van der Waals surface area contributed by atoms with Crippen LogP contribution < -0.4 is 5.32 Å². The van der Waals surface area contributed by atoms with Gasteiger partial charge in [0.2, 0.25) is 0 Å². The maximum absolute atomic E-state index is 11.0. The van der Waals surface area contributed by atoms with Crippen LogP contribution >= 0.6 is 11.8 Å². The summed E-state index contributed by atoms with van der Waals surface area (Å²) in [4.78, 5) is 10.7. The van der Waals surface area contributed by atoms with Crippen LogP contribution in [0.4, 0.5) is 11.4 Å². The van der Waals surface area contributed by atoms with Crippen molar-refractivity contribution in [2.45, 2.75) is 50.0 Å². The van der Waals surface area contributed by atoms with Gasteiger partial charge in [0, 0.05) is 23.6 Å². The van der Waals surface area contributed by atoms with E-state index in [9.17, 15) is 10.1 Å². The SMILES string of the molecule is CCNc1cc(CSC2CCCCC2)ccc1[N+](=O)[O-]. The normalized spacial score (nSPS) is 16.1. The van der Waals surface area contributed by atoms with E-state index in [-0.39, 0.29) is 10.6 Å². The second-order valence-electron chi connectivity index (χ2n) is 5.21. The Labute approximate surface area is 124 Å². The zero-order valence-electron chi connectivity index (χ0n) is 11.9. The summed E-state index contributed by atoms with van der Waals surface area (Å²) in [5, 5.41) is 14.8. The minimum absolute atomic E-state index is 0.165. The minimum Gasteiger partial charge on any atom is -0.380 e. The average molecular weight is 294 g/mol. The number of nitrogens with one attached hydrogen (secondary N) is 1. The van der Waals surface area contributed by atoms with Gasteiger partial charge < -0.3 is 5.32 Å². The Hall–Kier alpha value is -1.23. The molecule has 0 aliphatic heterocycles. The number of nitro groups is 1. The van der Waals surface area contributed by atoms with Crippen LogP contribution in [0.1, 0.15) is 44.6 Å². The first kappa shape index (κ1) is 15.2. The molecular formula is C15H22N2O2S. The highest BCUT2D eigenvalue weighted by molar-refractivity contribution is 7.99. The van der Waals surface area contributed by atoms with Crippen LogP contribution in [-0.4, -0.2) is 16.7 Å². The summed E-state index contributed by atoms with van der Waals surface area (Å²) in [7, 11) is 0. The van der Waals surface area contributed by atoms with E-state index < -0.39 is 0 Å². The third-order valence-electron chi connectivity index (χ3n) is 3.66. The second kappa shape index (κ2) is 7.53. The van der Waals surface area contributed by atoms with Gasteiger partial charge in [0.1, 0.15) is 5.69 Å². The van der Waals surface area contributed by atoms with Crippen molar-refractivity contribution in [2.24, 2.45) is 0 Å². The summed E-state index contributed by atoms with van der Waals surface area (Å²) >= 11 is 1.99. The molecule has 4 nitrogen and oxygen atoms in total. The second-order valence-corrected chi connectivity index (χ2v) is 6.50. The van der Waals surface area contributed by atoms with Gasteiger partial charge >= 0.3 is 0 Å². The van der Waals surface area contributed by atoms with Crippen LogP contribution in [-0.2, 0) is 5.75 Å². The molecule has 0 spiro atoms. The average Bonchev–Trinajstić information content (AvgIpc) is 2.46. The first-order valence-corrected chi connectivity index (χ1v) is 8.38. The number of anilines is 1. The van der Waals surface area contributed by atoms with Crippen molar-refractivity contribution < 1.29 is 4.92 Å². The molecule has 20 heavy (non-hydrogen) atoms. The number of benzene rings is 1. The van der Waals surface area contributed by atoms with Crippen LogP contribution in [0.2, 0.25) is 0 Å². The molecule has 1 aliphatic carbocycles. The molecule has 110 valence electrons. The van der Waals surface area contributed by atoms with E-state index >= 15 is 0 Å². The lowest BCUT2D eigenvalue weighted by Crippen LogP contribution is -2.08. The molecule has 0 bridgehead atoms. The molecule has 1 aromatic rings. The van der Waals surface area contributed by atoms with Gasteiger partial charge in [-0.2, -0.15) is 11.8 Å². The summed E-state index contributed by atoms with van der Waals surface area (Å²) < 4.78 is 0. The molecular weight excluding hydrogens is 272 g/mol. The molecule has 1 aliphatic rings. The Morgan fingerprint density at radius 2 is 2.10 bits per heavy atom.